The lowest BCUT2D eigenvalue weighted by Gasteiger charge is -2.30. The Hall–Kier alpha value is -1.96. The van der Waals surface area contributed by atoms with E-state index in [1.54, 1.807) is 27.7 Å². The summed E-state index contributed by atoms with van der Waals surface area (Å²) in [4.78, 5) is 50.1. The normalized spacial score (nSPS) is 14.3. The predicted molar refractivity (Wildman–Crippen MR) is 170 cm³/mol. The fraction of sp³-hybridized carbons (Fsp3) is 0.875. The Kier molecular flexibility index (Phi) is 20.8. The minimum atomic E-state index is -1.16. The highest BCUT2D eigenvalue weighted by Crippen LogP contribution is 2.30. The van der Waals surface area contributed by atoms with Gasteiger partial charge in [-0.25, -0.2) is 4.79 Å². The average Bonchev–Trinajstić information content (AvgIpc) is 2.94. The Bertz CT molecular complexity index is 864. The van der Waals surface area contributed by atoms with Crippen LogP contribution in [0.15, 0.2) is 0 Å². The van der Waals surface area contributed by atoms with Gasteiger partial charge in [0.1, 0.15) is 12.6 Å². The van der Waals surface area contributed by atoms with Gasteiger partial charge in [-0.2, -0.15) is 0 Å². The molecule has 12 nitrogen and oxygen atoms in total. The summed E-state index contributed by atoms with van der Waals surface area (Å²) < 4.78 is 21.7. The van der Waals surface area contributed by atoms with Crippen LogP contribution in [-0.4, -0.2) is 112 Å². The molecule has 0 radical (unpaired) electrons. The van der Waals surface area contributed by atoms with Crippen LogP contribution in [0.1, 0.15) is 88.0 Å². The van der Waals surface area contributed by atoms with Gasteiger partial charge in [0.15, 0.2) is 11.6 Å². The van der Waals surface area contributed by atoms with Crippen molar-refractivity contribution in [3.8, 4) is 0 Å². The van der Waals surface area contributed by atoms with E-state index >= 15 is 0 Å². The van der Waals surface area contributed by atoms with Crippen LogP contribution in [0.25, 0.3) is 0 Å². The van der Waals surface area contributed by atoms with E-state index in [4.69, 9.17) is 18.9 Å². The second-order valence-electron chi connectivity index (χ2n) is 12.8. The van der Waals surface area contributed by atoms with Crippen molar-refractivity contribution >= 4 is 23.4 Å². The molecule has 0 aliphatic carbocycles. The van der Waals surface area contributed by atoms with Crippen molar-refractivity contribution in [2.24, 2.45) is 11.3 Å². The van der Waals surface area contributed by atoms with Crippen molar-refractivity contribution in [3.05, 3.63) is 0 Å². The van der Waals surface area contributed by atoms with Gasteiger partial charge in [-0.15, -0.1) is 0 Å². The van der Waals surface area contributed by atoms with Gasteiger partial charge in [-0.1, -0.05) is 27.7 Å². The summed E-state index contributed by atoms with van der Waals surface area (Å²) in [6, 6.07) is -1.14. The fourth-order valence-electron chi connectivity index (χ4n) is 4.47. The van der Waals surface area contributed by atoms with Gasteiger partial charge in [0.05, 0.1) is 50.7 Å². The Morgan fingerprint density at radius 1 is 0.727 bits per heavy atom. The number of ketones is 2. The van der Waals surface area contributed by atoms with Gasteiger partial charge in [-0.3, -0.25) is 14.4 Å². The Morgan fingerprint density at radius 2 is 1.23 bits per heavy atom. The van der Waals surface area contributed by atoms with Crippen LogP contribution in [0.2, 0.25) is 0 Å². The van der Waals surface area contributed by atoms with Crippen molar-refractivity contribution in [3.63, 3.8) is 0 Å². The molecule has 0 saturated carbocycles. The van der Waals surface area contributed by atoms with Crippen LogP contribution in [0.4, 0.5) is 0 Å². The summed E-state index contributed by atoms with van der Waals surface area (Å²) in [5, 5.41) is 18.6. The highest BCUT2D eigenvalue weighted by atomic mass is 16.5. The smallest absolute Gasteiger partial charge is 0.326 e. The van der Waals surface area contributed by atoms with E-state index in [0.717, 1.165) is 0 Å². The second kappa shape index (κ2) is 21.7. The van der Waals surface area contributed by atoms with Crippen molar-refractivity contribution in [1.29, 1.82) is 0 Å². The zero-order valence-corrected chi connectivity index (χ0v) is 28.8. The molecule has 0 fully saturated rings. The molecule has 4 N–H and O–H groups in total. The van der Waals surface area contributed by atoms with Crippen LogP contribution < -0.4 is 16.0 Å². The molecule has 0 spiro atoms. The molecule has 0 rings (SSSR count). The van der Waals surface area contributed by atoms with Gasteiger partial charge in [-0.05, 0) is 59.8 Å². The van der Waals surface area contributed by atoms with Crippen molar-refractivity contribution in [1.82, 2.24) is 16.0 Å². The number of Topliss-reactive ketones (excluding diaryl/α,β-unsaturated/α-hetero) is 2. The molecule has 0 heterocycles. The first-order valence-corrected chi connectivity index (χ1v) is 15.9. The Labute approximate surface area is 265 Å². The lowest BCUT2D eigenvalue weighted by atomic mass is 9.78. The summed E-state index contributed by atoms with van der Waals surface area (Å²) in [6.45, 7) is 20.8. The molecule has 12 heteroatoms. The molecule has 0 bridgehead atoms. The largest absolute Gasteiger partial charge is 0.480 e. The molecular weight excluding hydrogens is 570 g/mol. The summed E-state index contributed by atoms with van der Waals surface area (Å²) >= 11 is 0. The van der Waals surface area contributed by atoms with E-state index < -0.39 is 28.5 Å². The topological polar surface area (TPSA) is 162 Å². The highest BCUT2D eigenvalue weighted by Gasteiger charge is 2.35. The highest BCUT2D eigenvalue weighted by molar-refractivity contribution is 5.90. The molecule has 258 valence electrons. The third-order valence-corrected chi connectivity index (χ3v) is 7.65. The molecule has 2 atom stereocenters. The van der Waals surface area contributed by atoms with E-state index in [2.05, 4.69) is 16.0 Å². The second-order valence-corrected chi connectivity index (χ2v) is 12.8. The summed E-state index contributed by atoms with van der Waals surface area (Å²) in [7, 11) is 0. The lowest BCUT2D eigenvalue weighted by Crippen LogP contribution is -2.50. The third-order valence-electron chi connectivity index (χ3n) is 7.65. The van der Waals surface area contributed by atoms with Crippen LogP contribution in [0.3, 0.4) is 0 Å². The molecule has 2 unspecified atom stereocenters. The molecule has 0 aromatic carbocycles. The maximum absolute atomic E-state index is 12.9. The number of nitrogens with one attached hydrogen (secondary N) is 3. The van der Waals surface area contributed by atoms with E-state index in [1.807, 2.05) is 34.6 Å². The monoisotopic (exact) mass is 631 g/mol. The summed E-state index contributed by atoms with van der Waals surface area (Å²) in [5.74, 6) is -1.40. The number of carbonyl (C=O) groups excluding carboxylic acids is 3. The summed E-state index contributed by atoms with van der Waals surface area (Å²) in [6.07, 6.45) is 1.24. The maximum atomic E-state index is 12.9. The quantitative estimate of drug-likeness (QED) is 0.0940. The number of carboxylic acid groups (broad SMARTS) is 1. The van der Waals surface area contributed by atoms with E-state index in [0.29, 0.717) is 65.6 Å². The van der Waals surface area contributed by atoms with Gasteiger partial charge in [0, 0.05) is 31.5 Å². The molecule has 0 aromatic heterocycles. The maximum Gasteiger partial charge on any atom is 0.326 e. The molecular formula is C32H61N3O9. The minimum Gasteiger partial charge on any atom is -0.480 e. The van der Waals surface area contributed by atoms with Gasteiger partial charge in [0.2, 0.25) is 5.91 Å². The first kappa shape index (κ1) is 42.0. The number of carboxylic acids is 1. The number of hydrogen-bond donors (Lipinski definition) is 4. The van der Waals surface area contributed by atoms with Gasteiger partial charge in [0.25, 0.3) is 0 Å². The summed E-state index contributed by atoms with van der Waals surface area (Å²) in [5.41, 5.74) is -2.31. The van der Waals surface area contributed by atoms with Crippen LogP contribution >= 0.6 is 0 Å². The molecule has 0 aliphatic rings. The number of hydrogen-bond acceptors (Lipinski definition) is 10. The fourth-order valence-corrected chi connectivity index (χ4v) is 4.47. The first-order chi connectivity index (χ1) is 20.5. The van der Waals surface area contributed by atoms with Crippen LogP contribution in [-0.2, 0) is 38.1 Å². The number of rotatable bonds is 28. The van der Waals surface area contributed by atoms with Gasteiger partial charge >= 0.3 is 5.97 Å². The zero-order chi connectivity index (χ0) is 33.8. The number of aliphatic carboxylic acids is 1. The molecule has 0 aliphatic heterocycles. The Balaban J connectivity index is 4.33. The van der Waals surface area contributed by atoms with E-state index in [1.165, 1.54) is 0 Å². The first-order valence-electron chi connectivity index (χ1n) is 15.9. The predicted octanol–water partition coefficient (Wildman–Crippen LogP) is 2.76. The van der Waals surface area contributed by atoms with Crippen molar-refractivity contribution in [2.75, 3.05) is 65.9 Å². The zero-order valence-electron chi connectivity index (χ0n) is 28.8. The molecule has 0 saturated heterocycles. The van der Waals surface area contributed by atoms with E-state index in [-0.39, 0.29) is 49.4 Å². The minimum absolute atomic E-state index is 0.000853. The van der Waals surface area contributed by atoms with Gasteiger partial charge < -0.3 is 40.0 Å². The van der Waals surface area contributed by atoms with Crippen LogP contribution in [0, 0.1) is 11.3 Å². The number of ether oxygens (including phenoxy) is 4. The average molecular weight is 632 g/mol. The van der Waals surface area contributed by atoms with Crippen molar-refractivity contribution in [2.45, 2.75) is 105 Å². The van der Waals surface area contributed by atoms with E-state index in [9.17, 15) is 24.3 Å². The van der Waals surface area contributed by atoms with Crippen LogP contribution in [0.5, 0.6) is 0 Å². The number of amides is 1. The SMILES string of the molecule is CCOCCOCCNC(C)(C)C(=O)COCCOCCNC(C)(C)C(=O)CCC(NC(=O)C(C)(CC)CC(C)C)C(=O)O. The number of carbonyl (C=O) groups is 4. The Morgan fingerprint density at radius 3 is 1.70 bits per heavy atom. The van der Waals surface area contributed by atoms with Crippen molar-refractivity contribution < 1.29 is 43.2 Å². The molecule has 44 heavy (non-hydrogen) atoms. The third kappa shape index (κ3) is 17.5. The molecule has 0 aromatic rings. The molecule has 1 amide bonds. The standard InChI is InChI=1S/C32H61N3O9/c1-10-32(9,22-24(3)4)29(40)35-25(28(38)39)12-13-26(36)30(5,6)33-14-16-43-20-21-44-23-27(37)31(7,8)34-15-17-42-19-18-41-11-2/h24-25,33-34H,10-23H2,1-9H3,(H,35,40)(H,38,39). The lowest BCUT2D eigenvalue weighted by molar-refractivity contribution is -0.144.